The third-order valence-corrected chi connectivity index (χ3v) is 23.1. The number of carbonyl (C=O) groups is 20. The summed E-state index contributed by atoms with van der Waals surface area (Å²) < 4.78 is 0. The third kappa shape index (κ3) is 42.4. The number of hydrogen-bond acceptors (Lipinski definition) is 29. The number of carboxylic acid groups (broad SMARTS) is 3. The van der Waals surface area contributed by atoms with Gasteiger partial charge in [-0.25, -0.2) is 4.79 Å². The Morgan fingerprint density at radius 3 is 1.14 bits per heavy atom. The number of nitrogens with zero attached hydrogens (tertiary/aromatic N) is 1. The number of aliphatic hydroxyl groups excluding tert-OH is 3. The summed E-state index contributed by atoms with van der Waals surface area (Å²) in [5.41, 5.74) is 18.5. The first-order valence-corrected chi connectivity index (χ1v) is 47.6. The van der Waals surface area contributed by atoms with Gasteiger partial charge in [-0.15, -0.1) is 0 Å². The quantitative estimate of drug-likeness (QED) is 0.0274. The Balaban J connectivity index is 1.85. The zero-order chi connectivity index (χ0) is 105. The SMILES string of the molecule is CSCC[C@H](NC(=O)[C@H](Cc1ccc(O)cc1)NC(=O)[C@H](CCCCN)NC(=O)[C@H](CC(=O)O)NC(=O)CNC(=O)[C@@H](NC(=O)[C@@H](NC(=O)[C@H](CCC(=O)O)NC(=O)[C@@H](NC(=O)[C@H](CCCCN)NC(=O)[C@H](Cc1ccc(O)cc1)NC(=O)[C@@H](N)C(C)C)C(C)C)[C@@H](C)O)C(C)C)C(=O)N[C@H](C(=O)N[C@H](C(=O)N[C@@H](CO)C(=O)NCC(=O)N[C@@H](CC(C)C)C(=O)N1CCC[C@H]1C(=O)O)C(C)C)[C@@H](C)O. The molecule has 778 valence electrons. The first-order chi connectivity index (χ1) is 65.3. The Hall–Kier alpha value is -12.4. The molecule has 2 aromatic rings. The Morgan fingerprint density at radius 1 is 0.396 bits per heavy atom. The van der Waals surface area contributed by atoms with E-state index >= 15 is 0 Å². The largest absolute Gasteiger partial charge is 0.508 e. The number of aliphatic hydroxyl groups is 3. The van der Waals surface area contributed by atoms with Crippen LogP contribution in [-0.2, 0) is 109 Å². The summed E-state index contributed by atoms with van der Waals surface area (Å²) >= 11 is 1.22. The maximum atomic E-state index is 14.8. The molecule has 3 rings (SSSR count). The molecule has 1 heterocycles. The molecule has 18 atom stereocenters. The highest BCUT2D eigenvalue weighted by molar-refractivity contribution is 7.98. The molecule has 1 fully saturated rings. The number of phenolic OH excluding ortho intramolecular Hbond substituents is 2. The Labute approximate surface area is 810 Å². The molecule has 0 aromatic heterocycles. The number of carboxylic acids is 3. The lowest BCUT2D eigenvalue weighted by Crippen LogP contribution is -2.63. The van der Waals surface area contributed by atoms with E-state index in [1.165, 1.54) is 107 Å². The number of nitrogens with two attached hydrogens (primary N) is 3. The minimum atomic E-state index is -2.03. The highest BCUT2D eigenvalue weighted by Gasteiger charge is 2.43. The summed E-state index contributed by atoms with van der Waals surface area (Å²) in [7, 11) is 0. The summed E-state index contributed by atoms with van der Waals surface area (Å²) in [6.45, 7) is 15.5. The lowest BCUT2D eigenvalue weighted by Gasteiger charge is -2.30. The number of phenols is 2. The summed E-state index contributed by atoms with van der Waals surface area (Å²) in [4.78, 5) is 276. The minimum Gasteiger partial charge on any atom is -0.508 e. The van der Waals surface area contributed by atoms with E-state index in [9.17, 15) is 137 Å². The number of amides is 17. The summed E-state index contributed by atoms with van der Waals surface area (Å²) in [5, 5.41) is 121. The van der Waals surface area contributed by atoms with Crippen molar-refractivity contribution < 1.29 is 137 Å². The summed E-state index contributed by atoms with van der Waals surface area (Å²) in [6, 6.07) is -14.1. The second-order valence-corrected chi connectivity index (χ2v) is 37.0. The highest BCUT2D eigenvalue weighted by atomic mass is 32.2. The van der Waals surface area contributed by atoms with Crippen molar-refractivity contribution in [3.8, 4) is 11.5 Å². The predicted octanol–water partition coefficient (Wildman–Crippen LogP) is -5.92. The van der Waals surface area contributed by atoms with Crippen molar-refractivity contribution in [3.05, 3.63) is 59.7 Å². The highest BCUT2D eigenvalue weighted by Crippen LogP contribution is 2.23. The molecule has 0 radical (unpaired) electrons. The Morgan fingerprint density at radius 2 is 0.748 bits per heavy atom. The van der Waals surface area contributed by atoms with Crippen LogP contribution in [0.4, 0.5) is 0 Å². The fourth-order valence-corrected chi connectivity index (χ4v) is 14.9. The second kappa shape index (κ2) is 61.1. The molecule has 2 aromatic carbocycles. The van der Waals surface area contributed by atoms with E-state index in [1.807, 2.05) is 0 Å². The van der Waals surface area contributed by atoms with Crippen molar-refractivity contribution in [2.45, 2.75) is 288 Å². The molecule has 139 heavy (non-hydrogen) atoms. The second-order valence-electron chi connectivity index (χ2n) is 36.0. The van der Waals surface area contributed by atoms with Crippen LogP contribution in [0.25, 0.3) is 0 Å². The lowest BCUT2D eigenvalue weighted by molar-refractivity contribution is -0.149. The van der Waals surface area contributed by atoms with Gasteiger partial charge in [0.15, 0.2) is 0 Å². The van der Waals surface area contributed by atoms with E-state index in [0.717, 1.165) is 13.8 Å². The molecule has 1 aliphatic heterocycles. The number of carbonyl (C=O) groups excluding carboxylic acids is 17. The molecular formula is C90H144N20O28S. The van der Waals surface area contributed by atoms with Crippen molar-refractivity contribution in [1.82, 2.24) is 90.0 Å². The van der Waals surface area contributed by atoms with Crippen LogP contribution in [0.3, 0.4) is 0 Å². The van der Waals surface area contributed by atoms with Gasteiger partial charge in [0, 0.05) is 25.8 Å². The van der Waals surface area contributed by atoms with Crippen molar-refractivity contribution >= 4 is 130 Å². The number of likely N-dealkylation sites (tertiary alicyclic amines) is 1. The van der Waals surface area contributed by atoms with E-state index in [-0.39, 0.29) is 107 Å². The number of benzene rings is 2. The number of nitrogens with one attached hydrogen (secondary N) is 16. The van der Waals surface area contributed by atoms with Crippen molar-refractivity contribution in [2.75, 3.05) is 51.3 Å². The first-order valence-electron chi connectivity index (χ1n) is 46.2. The van der Waals surface area contributed by atoms with Gasteiger partial charge in [0.1, 0.15) is 102 Å². The first kappa shape index (κ1) is 121. The fourth-order valence-electron chi connectivity index (χ4n) is 14.4. The smallest absolute Gasteiger partial charge is 0.326 e. The zero-order valence-electron chi connectivity index (χ0n) is 80.8. The molecule has 30 N–H and O–H groups in total. The molecule has 0 unspecified atom stereocenters. The van der Waals surface area contributed by atoms with Gasteiger partial charge in [-0.05, 0) is 175 Å². The van der Waals surface area contributed by atoms with Crippen molar-refractivity contribution in [3.63, 3.8) is 0 Å². The van der Waals surface area contributed by atoms with Crippen molar-refractivity contribution in [2.24, 2.45) is 46.8 Å². The van der Waals surface area contributed by atoms with E-state index in [4.69, 9.17) is 17.2 Å². The van der Waals surface area contributed by atoms with E-state index in [0.29, 0.717) is 24.0 Å². The van der Waals surface area contributed by atoms with E-state index < -0.39 is 290 Å². The average Bonchev–Trinajstić information content (AvgIpc) is 1.59. The standard InChI is InChI=1S/C90H144N20O28S/c1-44(2)37-62(89(136)110-35-18-21-64(110)90(137)138)97-66(117)41-94-75(122)63(43-111)104-86(133)72(48(9)10)107-88(135)74(50(12)113)109-79(126)58(32-36-139-13)100-80(127)59(38-51-22-26-53(114)27-23-51)102-76(123)55(19-14-16-33-91)98-82(129)61(40-68(120)121)96-65(116)42-95-84(131)70(46(5)6)106-87(134)73(49(11)112)108-78(125)57(30-31-67(118)119)101-85(132)71(47(7)8)105-77(124)56(20-15-17-34-92)99-81(128)60(103-83(130)69(93)45(3)4)39-52-24-28-54(115)29-25-52/h22-29,44-50,55-64,69-74,111-115H,14-21,30-43,91-93H2,1-13H3,(H,94,122)(H,95,131)(H,96,116)(H,97,117)(H,98,129)(H,99,128)(H,100,127)(H,101,132)(H,102,123)(H,103,130)(H,104,133)(H,105,124)(H,106,134)(H,107,135)(H,108,125)(H,109,126)(H,118,119)(H,120,121)(H,137,138)/t49-,50-,55+,56+,57+,58+,59+,60+,61+,62+,63+,64+,69+,70+,71+,72+,73+,74+/m1/s1. The molecule has 0 bridgehead atoms. The molecule has 49 heteroatoms. The van der Waals surface area contributed by atoms with E-state index in [2.05, 4.69) is 85.1 Å². The molecular weight excluding hydrogens is 1840 g/mol. The summed E-state index contributed by atoms with van der Waals surface area (Å²) in [6.07, 6.45) is -3.71. The molecule has 0 saturated carbocycles. The van der Waals surface area contributed by atoms with Crippen LogP contribution in [0.1, 0.15) is 178 Å². The zero-order valence-corrected chi connectivity index (χ0v) is 81.6. The van der Waals surface area contributed by atoms with Gasteiger partial charge >= 0.3 is 17.9 Å². The minimum absolute atomic E-state index is 0.0389. The van der Waals surface area contributed by atoms with Gasteiger partial charge in [-0.2, -0.15) is 11.8 Å². The van der Waals surface area contributed by atoms with Crippen LogP contribution in [0.5, 0.6) is 11.5 Å². The topological polar surface area (TPSA) is 777 Å². The van der Waals surface area contributed by atoms with Gasteiger partial charge in [0.25, 0.3) is 0 Å². The number of aromatic hydroxyl groups is 2. The van der Waals surface area contributed by atoms with Crippen molar-refractivity contribution in [1.29, 1.82) is 0 Å². The molecule has 1 saturated heterocycles. The van der Waals surface area contributed by atoms with Gasteiger partial charge < -0.3 is 148 Å². The molecule has 0 aliphatic carbocycles. The Kier molecular flexibility index (Phi) is 53.1. The van der Waals surface area contributed by atoms with Gasteiger partial charge in [-0.1, -0.05) is 93.5 Å². The molecule has 17 amide bonds. The van der Waals surface area contributed by atoms with Crippen LogP contribution in [0.2, 0.25) is 0 Å². The number of unbranched alkanes of at least 4 members (excludes halogenated alkanes) is 2. The summed E-state index contributed by atoms with van der Waals surface area (Å²) in [5.74, 6) is -25.0. The number of aliphatic carboxylic acids is 3. The number of thioether (sulfide) groups is 1. The van der Waals surface area contributed by atoms with Crippen LogP contribution in [-0.4, -0.2) is 324 Å². The Bertz CT molecular complexity index is 4470. The maximum Gasteiger partial charge on any atom is 0.326 e. The van der Waals surface area contributed by atoms with Crippen LogP contribution >= 0.6 is 11.8 Å². The fraction of sp³-hybridized carbons (Fsp3) is 0.644. The van der Waals surface area contributed by atoms with Gasteiger partial charge in [0.05, 0.1) is 44.4 Å². The molecule has 0 spiro atoms. The lowest BCUT2D eigenvalue weighted by atomic mass is 9.99. The van der Waals surface area contributed by atoms with Crippen LogP contribution in [0, 0.1) is 29.6 Å². The number of rotatable bonds is 63. The average molecular weight is 1990 g/mol. The van der Waals surface area contributed by atoms with Crippen LogP contribution < -0.4 is 102 Å². The normalized spacial score (nSPS) is 16.1. The monoisotopic (exact) mass is 1990 g/mol. The predicted molar refractivity (Wildman–Crippen MR) is 504 cm³/mol. The van der Waals surface area contributed by atoms with E-state index in [1.54, 1.807) is 34.0 Å². The molecule has 48 nitrogen and oxygen atoms in total. The molecule has 1 aliphatic rings. The van der Waals surface area contributed by atoms with Gasteiger partial charge in [0.2, 0.25) is 100 Å². The number of hydrogen-bond donors (Lipinski definition) is 27. The third-order valence-electron chi connectivity index (χ3n) is 22.4. The van der Waals surface area contributed by atoms with Crippen LogP contribution in [0.15, 0.2) is 48.5 Å². The van der Waals surface area contributed by atoms with Gasteiger partial charge in [-0.3, -0.25) is 91.1 Å². The maximum absolute atomic E-state index is 14.8.